The topological polar surface area (TPSA) is 80.0 Å². The maximum Gasteiger partial charge on any atom is 0.235 e. The Morgan fingerprint density at radius 1 is 1.35 bits per heavy atom. The van der Waals surface area contributed by atoms with Crippen LogP contribution in [-0.2, 0) is 10.3 Å². The molecule has 132 valence electrons. The van der Waals surface area contributed by atoms with E-state index in [1.165, 1.54) is 4.90 Å². The molecule has 0 spiro atoms. The van der Waals surface area contributed by atoms with E-state index in [0.29, 0.717) is 11.5 Å². The summed E-state index contributed by atoms with van der Waals surface area (Å²) in [5.41, 5.74) is 2.09. The largest absolute Gasteiger partial charge is 0.345 e. The lowest BCUT2D eigenvalue weighted by molar-refractivity contribution is -0.136. The fourth-order valence-electron chi connectivity index (χ4n) is 3.82. The number of thiophene rings is 1. The number of carbonyl (C=O) groups excluding carboxylic acids is 1. The van der Waals surface area contributed by atoms with Crippen LogP contribution >= 0.6 is 11.3 Å². The number of nitriles is 1. The van der Waals surface area contributed by atoms with E-state index in [4.69, 9.17) is 10.7 Å². The maximum atomic E-state index is 12.9. The lowest BCUT2D eigenvalue weighted by atomic mass is 9.78. The van der Waals surface area contributed by atoms with Crippen molar-refractivity contribution < 1.29 is 4.79 Å². The van der Waals surface area contributed by atoms with Crippen molar-refractivity contribution in [3.63, 3.8) is 0 Å². The predicted octanol–water partition coefficient (Wildman–Crippen LogP) is 3.52. The molecule has 0 bridgehead atoms. The second-order valence-electron chi connectivity index (χ2n) is 7.28. The molecule has 1 saturated carbocycles. The summed E-state index contributed by atoms with van der Waals surface area (Å²) in [6, 6.07) is 11.8. The van der Waals surface area contributed by atoms with Crippen molar-refractivity contribution in [1.29, 1.82) is 10.7 Å². The summed E-state index contributed by atoms with van der Waals surface area (Å²) >= 11 is 1.60. The van der Waals surface area contributed by atoms with E-state index < -0.39 is 5.54 Å². The normalized spacial score (nSPS) is 25.7. The number of rotatable bonds is 3. The lowest BCUT2D eigenvalue weighted by Crippen LogP contribution is -2.64. The lowest BCUT2D eigenvalue weighted by Gasteiger charge is -2.45. The molecule has 2 heterocycles. The molecule has 6 heteroatoms. The first-order chi connectivity index (χ1) is 12.4. The van der Waals surface area contributed by atoms with Gasteiger partial charge in [0, 0.05) is 11.9 Å². The molecule has 1 aliphatic heterocycles. The highest BCUT2D eigenvalue weighted by Gasteiger charge is 2.54. The van der Waals surface area contributed by atoms with E-state index >= 15 is 0 Å². The molecule has 1 amide bonds. The second kappa shape index (κ2) is 5.96. The van der Waals surface area contributed by atoms with Gasteiger partial charge in [0.1, 0.15) is 0 Å². The number of hydrogen-bond acceptors (Lipinski definition) is 4. The van der Waals surface area contributed by atoms with Crippen molar-refractivity contribution in [2.75, 3.05) is 7.05 Å². The summed E-state index contributed by atoms with van der Waals surface area (Å²) in [7, 11) is 1.67. The van der Waals surface area contributed by atoms with Gasteiger partial charge in [0.2, 0.25) is 5.91 Å². The fraction of sp³-hybridized carbons (Fsp3) is 0.350. The highest BCUT2D eigenvalue weighted by molar-refractivity contribution is 7.10. The van der Waals surface area contributed by atoms with Crippen molar-refractivity contribution in [3.05, 3.63) is 46.2 Å². The van der Waals surface area contributed by atoms with Crippen LogP contribution in [0.25, 0.3) is 11.1 Å². The molecule has 4 rings (SSSR count). The average Bonchev–Trinajstić information content (AvgIpc) is 3.33. The standard InChI is InChI=1S/C20H20N4OS/c1-20(17(13-6-7-13)18(25)24(2)19(22)23-20)16-9-15(11-26-16)14-5-3-4-12(8-14)10-21/h3-5,8-9,11,13,17H,6-7H2,1-2H3,(H2,22,23)/t17-,20+/m0/s1. The number of guanidine groups is 1. The van der Waals surface area contributed by atoms with E-state index in [1.807, 2.05) is 25.1 Å². The van der Waals surface area contributed by atoms with Gasteiger partial charge in [0.05, 0.1) is 23.1 Å². The molecular weight excluding hydrogens is 344 g/mol. The summed E-state index contributed by atoms with van der Waals surface area (Å²) in [5.74, 6) is 0.401. The number of nitrogens with zero attached hydrogens (tertiary/aromatic N) is 2. The Labute approximate surface area is 156 Å². The molecular formula is C20H20N4OS. The van der Waals surface area contributed by atoms with Gasteiger partial charge in [0.25, 0.3) is 0 Å². The number of amides is 1. The molecule has 26 heavy (non-hydrogen) atoms. The molecule has 1 aliphatic carbocycles. The minimum atomic E-state index is -0.572. The fourth-order valence-corrected chi connectivity index (χ4v) is 4.89. The van der Waals surface area contributed by atoms with Crippen LogP contribution in [-0.4, -0.2) is 23.8 Å². The SMILES string of the molecule is CN1C(=N)N[C@](C)(c2cc(-c3cccc(C#N)c3)cs2)[C@@H](C2CC2)C1=O. The first kappa shape index (κ1) is 16.8. The van der Waals surface area contributed by atoms with Gasteiger partial charge in [-0.05, 0) is 60.4 Å². The number of benzene rings is 1. The molecule has 0 unspecified atom stereocenters. The molecule has 2 aromatic rings. The Kier molecular flexibility index (Phi) is 3.85. The van der Waals surface area contributed by atoms with Crippen LogP contribution in [0.4, 0.5) is 0 Å². The zero-order valence-electron chi connectivity index (χ0n) is 14.7. The van der Waals surface area contributed by atoms with Gasteiger partial charge in [-0.3, -0.25) is 15.1 Å². The molecule has 1 aromatic carbocycles. The van der Waals surface area contributed by atoms with E-state index in [1.54, 1.807) is 24.5 Å². The third-order valence-corrected chi connectivity index (χ3v) is 6.63. The molecule has 2 N–H and O–H groups in total. The van der Waals surface area contributed by atoms with Crippen LogP contribution in [0.15, 0.2) is 35.7 Å². The Hall–Kier alpha value is -2.65. The van der Waals surface area contributed by atoms with Crippen molar-refractivity contribution in [1.82, 2.24) is 10.2 Å². The van der Waals surface area contributed by atoms with E-state index in [-0.39, 0.29) is 17.8 Å². The van der Waals surface area contributed by atoms with Gasteiger partial charge in [-0.15, -0.1) is 11.3 Å². The average molecular weight is 364 g/mol. The first-order valence-corrected chi connectivity index (χ1v) is 9.56. The summed E-state index contributed by atoms with van der Waals surface area (Å²) < 4.78 is 0. The van der Waals surface area contributed by atoms with Crippen LogP contribution < -0.4 is 5.32 Å². The minimum absolute atomic E-state index is 0.0279. The highest BCUT2D eigenvalue weighted by Crippen LogP contribution is 2.49. The second-order valence-corrected chi connectivity index (χ2v) is 8.19. The van der Waals surface area contributed by atoms with Crippen molar-refractivity contribution in [3.8, 4) is 17.2 Å². The Bertz CT molecular complexity index is 939. The van der Waals surface area contributed by atoms with Crippen LogP contribution in [0.3, 0.4) is 0 Å². The van der Waals surface area contributed by atoms with E-state index in [0.717, 1.165) is 28.8 Å². The first-order valence-electron chi connectivity index (χ1n) is 8.68. The Balaban J connectivity index is 1.74. The Morgan fingerprint density at radius 3 is 2.81 bits per heavy atom. The predicted molar refractivity (Wildman–Crippen MR) is 102 cm³/mol. The Morgan fingerprint density at radius 2 is 2.12 bits per heavy atom. The zero-order chi connectivity index (χ0) is 18.5. The van der Waals surface area contributed by atoms with Crippen LogP contribution in [0, 0.1) is 28.6 Å². The van der Waals surface area contributed by atoms with Gasteiger partial charge >= 0.3 is 0 Å². The maximum absolute atomic E-state index is 12.9. The molecule has 2 aliphatic rings. The summed E-state index contributed by atoms with van der Waals surface area (Å²) in [6.45, 7) is 2.04. The third kappa shape index (κ3) is 2.60. The van der Waals surface area contributed by atoms with Gasteiger partial charge in [-0.25, -0.2) is 0 Å². The van der Waals surface area contributed by atoms with Crippen LogP contribution in [0.1, 0.15) is 30.2 Å². The van der Waals surface area contributed by atoms with Crippen molar-refractivity contribution in [2.24, 2.45) is 11.8 Å². The van der Waals surface area contributed by atoms with Crippen LogP contribution in [0.2, 0.25) is 0 Å². The van der Waals surface area contributed by atoms with Gasteiger partial charge in [-0.2, -0.15) is 5.26 Å². The van der Waals surface area contributed by atoms with Crippen molar-refractivity contribution in [2.45, 2.75) is 25.3 Å². The third-order valence-electron chi connectivity index (χ3n) is 5.46. The monoisotopic (exact) mass is 364 g/mol. The smallest absolute Gasteiger partial charge is 0.235 e. The van der Waals surface area contributed by atoms with E-state index in [9.17, 15) is 4.79 Å². The van der Waals surface area contributed by atoms with Crippen molar-refractivity contribution >= 4 is 23.2 Å². The molecule has 2 atom stereocenters. The number of nitrogens with one attached hydrogen (secondary N) is 2. The van der Waals surface area contributed by atoms with Gasteiger partial charge < -0.3 is 5.32 Å². The quantitative estimate of drug-likeness (QED) is 0.874. The molecule has 2 fully saturated rings. The molecule has 0 radical (unpaired) electrons. The summed E-state index contributed by atoms with van der Waals surface area (Å²) in [5, 5.41) is 22.6. The van der Waals surface area contributed by atoms with Gasteiger partial charge in [0.15, 0.2) is 5.96 Å². The highest BCUT2D eigenvalue weighted by atomic mass is 32.1. The van der Waals surface area contributed by atoms with Gasteiger partial charge in [-0.1, -0.05) is 12.1 Å². The van der Waals surface area contributed by atoms with Crippen LogP contribution in [0.5, 0.6) is 0 Å². The number of hydrogen-bond donors (Lipinski definition) is 2. The van der Waals surface area contributed by atoms with E-state index in [2.05, 4.69) is 22.8 Å². The summed E-state index contributed by atoms with van der Waals surface area (Å²) in [4.78, 5) is 15.4. The molecule has 1 aromatic heterocycles. The molecule has 5 nitrogen and oxygen atoms in total. The number of carbonyl (C=O) groups is 1. The minimum Gasteiger partial charge on any atom is -0.345 e. The molecule has 1 saturated heterocycles. The zero-order valence-corrected chi connectivity index (χ0v) is 15.6. The summed E-state index contributed by atoms with van der Waals surface area (Å²) in [6.07, 6.45) is 2.13.